The number of nitrogens with zero attached hydrogens (tertiary/aromatic N) is 4. The minimum absolute atomic E-state index is 0.0558. The molecule has 0 saturated heterocycles. The van der Waals surface area contributed by atoms with Crippen LogP contribution >= 0.6 is 0 Å². The van der Waals surface area contributed by atoms with E-state index in [1.165, 1.54) is 0 Å². The Bertz CT molecular complexity index is 897. The fourth-order valence-corrected chi connectivity index (χ4v) is 3.08. The molecule has 3 aromatic rings. The SMILES string of the molecule is O=C(Nc1nccc(-c2ccccc2)n1)C1CCc2ncncc2C1. The molecule has 0 aliphatic heterocycles. The standard InChI is InChI=1S/C19H17N5O/c25-18(14-6-7-16-15(10-14)11-20-12-22-16)24-19-21-9-8-17(23-19)13-4-2-1-3-5-13/h1-5,8-9,11-12,14H,6-7,10H2,(H,21,23,24,25). The highest BCUT2D eigenvalue weighted by molar-refractivity contribution is 5.91. The van der Waals surface area contributed by atoms with E-state index in [-0.39, 0.29) is 11.8 Å². The summed E-state index contributed by atoms with van der Waals surface area (Å²) in [5, 5.41) is 2.85. The number of hydrogen-bond donors (Lipinski definition) is 1. The molecule has 0 saturated carbocycles. The number of amides is 1. The lowest BCUT2D eigenvalue weighted by molar-refractivity contribution is -0.120. The minimum atomic E-state index is -0.109. The zero-order valence-electron chi connectivity index (χ0n) is 13.6. The molecule has 1 aliphatic rings. The van der Waals surface area contributed by atoms with Gasteiger partial charge < -0.3 is 0 Å². The number of carbonyl (C=O) groups excluding carboxylic acids is 1. The van der Waals surface area contributed by atoms with Crippen LogP contribution in [0.1, 0.15) is 17.7 Å². The second-order valence-corrected chi connectivity index (χ2v) is 6.06. The molecule has 1 aliphatic carbocycles. The van der Waals surface area contributed by atoms with Gasteiger partial charge in [-0.2, -0.15) is 0 Å². The van der Waals surface area contributed by atoms with Crippen molar-refractivity contribution in [1.29, 1.82) is 0 Å². The summed E-state index contributed by atoms with van der Waals surface area (Å²) in [6.07, 6.45) is 7.24. The second kappa shape index (κ2) is 6.76. The summed E-state index contributed by atoms with van der Waals surface area (Å²) in [6, 6.07) is 11.7. The maximum absolute atomic E-state index is 12.6. The van der Waals surface area contributed by atoms with Crippen molar-refractivity contribution in [3.05, 3.63) is 66.4 Å². The largest absolute Gasteiger partial charge is 0.294 e. The molecular weight excluding hydrogens is 314 g/mol. The summed E-state index contributed by atoms with van der Waals surface area (Å²) in [6.45, 7) is 0. The van der Waals surface area contributed by atoms with Crippen molar-refractivity contribution in [3.63, 3.8) is 0 Å². The molecule has 0 spiro atoms. The number of fused-ring (bicyclic) bond motifs is 1. The third-order valence-electron chi connectivity index (χ3n) is 4.41. The van der Waals surface area contributed by atoms with Crippen LogP contribution in [0.25, 0.3) is 11.3 Å². The average Bonchev–Trinajstić information content (AvgIpc) is 2.68. The highest BCUT2D eigenvalue weighted by Gasteiger charge is 2.26. The first-order valence-electron chi connectivity index (χ1n) is 8.26. The molecule has 2 heterocycles. The smallest absolute Gasteiger partial charge is 0.230 e. The van der Waals surface area contributed by atoms with Crippen molar-refractivity contribution < 1.29 is 4.79 Å². The molecule has 1 amide bonds. The van der Waals surface area contributed by atoms with Crippen molar-refractivity contribution in [2.45, 2.75) is 19.3 Å². The fraction of sp³-hybridized carbons (Fsp3) is 0.211. The van der Waals surface area contributed by atoms with Crippen molar-refractivity contribution in [1.82, 2.24) is 19.9 Å². The number of hydrogen-bond acceptors (Lipinski definition) is 5. The third kappa shape index (κ3) is 3.38. The first kappa shape index (κ1) is 15.4. The van der Waals surface area contributed by atoms with E-state index >= 15 is 0 Å². The van der Waals surface area contributed by atoms with Crippen LogP contribution in [0.15, 0.2) is 55.1 Å². The van der Waals surface area contributed by atoms with Gasteiger partial charge in [0.1, 0.15) is 6.33 Å². The summed E-state index contributed by atoms with van der Waals surface area (Å²) in [5.74, 6) is 0.170. The molecule has 1 aromatic carbocycles. The van der Waals surface area contributed by atoms with Crippen LogP contribution in [-0.4, -0.2) is 25.8 Å². The molecule has 1 atom stereocenters. The number of aromatic nitrogens is 4. The fourth-order valence-electron chi connectivity index (χ4n) is 3.08. The van der Waals surface area contributed by atoms with Gasteiger partial charge in [0.2, 0.25) is 11.9 Å². The Balaban J connectivity index is 1.49. The van der Waals surface area contributed by atoms with E-state index in [1.807, 2.05) is 36.4 Å². The molecule has 6 heteroatoms. The van der Waals surface area contributed by atoms with Crippen molar-refractivity contribution in [2.24, 2.45) is 5.92 Å². The molecule has 0 radical (unpaired) electrons. The van der Waals surface area contributed by atoms with Gasteiger partial charge in [0.15, 0.2) is 0 Å². The Kier molecular flexibility index (Phi) is 4.16. The molecule has 25 heavy (non-hydrogen) atoms. The van der Waals surface area contributed by atoms with Crippen molar-refractivity contribution in [2.75, 3.05) is 5.32 Å². The lowest BCUT2D eigenvalue weighted by Crippen LogP contribution is -2.29. The lowest BCUT2D eigenvalue weighted by Gasteiger charge is -2.22. The second-order valence-electron chi connectivity index (χ2n) is 6.06. The van der Waals surface area contributed by atoms with Gasteiger partial charge in [0.05, 0.1) is 5.69 Å². The summed E-state index contributed by atoms with van der Waals surface area (Å²) >= 11 is 0. The summed E-state index contributed by atoms with van der Waals surface area (Å²) in [5.41, 5.74) is 3.87. The Labute approximate surface area is 145 Å². The Morgan fingerprint density at radius 1 is 1.12 bits per heavy atom. The maximum atomic E-state index is 12.6. The zero-order valence-corrected chi connectivity index (χ0v) is 13.6. The molecule has 4 rings (SSSR count). The van der Waals surface area contributed by atoms with E-state index in [0.717, 1.165) is 35.4 Å². The predicted molar refractivity (Wildman–Crippen MR) is 93.6 cm³/mol. The first-order chi connectivity index (χ1) is 12.3. The summed E-state index contributed by atoms with van der Waals surface area (Å²) < 4.78 is 0. The predicted octanol–water partition coefficient (Wildman–Crippen LogP) is 2.68. The number of nitrogens with one attached hydrogen (secondary N) is 1. The van der Waals surface area contributed by atoms with Gasteiger partial charge in [-0.1, -0.05) is 30.3 Å². The number of carbonyl (C=O) groups is 1. The van der Waals surface area contributed by atoms with Crippen molar-refractivity contribution >= 4 is 11.9 Å². The molecular formula is C19H17N5O. The van der Waals surface area contributed by atoms with Crippen LogP contribution in [0.3, 0.4) is 0 Å². The quantitative estimate of drug-likeness (QED) is 0.798. The number of aryl methyl sites for hydroxylation is 1. The first-order valence-corrected chi connectivity index (χ1v) is 8.26. The van der Waals surface area contributed by atoms with Crippen LogP contribution in [0.5, 0.6) is 0 Å². The molecule has 0 fully saturated rings. The van der Waals surface area contributed by atoms with Crippen LogP contribution < -0.4 is 5.32 Å². The Morgan fingerprint density at radius 3 is 2.88 bits per heavy atom. The number of rotatable bonds is 3. The Morgan fingerprint density at radius 2 is 2.00 bits per heavy atom. The third-order valence-corrected chi connectivity index (χ3v) is 4.41. The molecule has 1 unspecified atom stereocenters. The molecule has 6 nitrogen and oxygen atoms in total. The van der Waals surface area contributed by atoms with Gasteiger partial charge in [0.25, 0.3) is 0 Å². The number of anilines is 1. The average molecular weight is 331 g/mol. The van der Waals surface area contributed by atoms with Crippen LogP contribution in [0, 0.1) is 5.92 Å². The molecule has 124 valence electrons. The van der Waals surface area contributed by atoms with Crippen LogP contribution in [0.2, 0.25) is 0 Å². The minimum Gasteiger partial charge on any atom is -0.294 e. The summed E-state index contributed by atoms with van der Waals surface area (Å²) in [4.78, 5) is 29.6. The van der Waals surface area contributed by atoms with Gasteiger partial charge in [0, 0.05) is 29.6 Å². The number of benzene rings is 1. The van der Waals surface area contributed by atoms with Gasteiger partial charge in [-0.15, -0.1) is 0 Å². The highest BCUT2D eigenvalue weighted by Crippen LogP contribution is 2.24. The normalized spacial score (nSPS) is 16.1. The maximum Gasteiger partial charge on any atom is 0.230 e. The van der Waals surface area contributed by atoms with Crippen molar-refractivity contribution in [3.8, 4) is 11.3 Å². The van der Waals surface area contributed by atoms with E-state index in [9.17, 15) is 4.79 Å². The molecule has 2 aromatic heterocycles. The van der Waals surface area contributed by atoms with E-state index in [1.54, 1.807) is 18.7 Å². The van der Waals surface area contributed by atoms with E-state index in [0.29, 0.717) is 12.4 Å². The van der Waals surface area contributed by atoms with Crippen LogP contribution in [0.4, 0.5) is 5.95 Å². The van der Waals surface area contributed by atoms with Gasteiger partial charge >= 0.3 is 0 Å². The monoisotopic (exact) mass is 331 g/mol. The zero-order chi connectivity index (χ0) is 17.1. The molecule has 1 N–H and O–H groups in total. The Hall–Kier alpha value is -3.15. The summed E-state index contributed by atoms with van der Waals surface area (Å²) in [7, 11) is 0. The lowest BCUT2D eigenvalue weighted by atomic mass is 9.87. The van der Waals surface area contributed by atoms with Gasteiger partial charge in [-0.3, -0.25) is 10.1 Å². The van der Waals surface area contributed by atoms with E-state index in [2.05, 4.69) is 25.3 Å². The van der Waals surface area contributed by atoms with E-state index < -0.39 is 0 Å². The van der Waals surface area contributed by atoms with Crippen LogP contribution in [-0.2, 0) is 17.6 Å². The van der Waals surface area contributed by atoms with Gasteiger partial charge in [-0.25, -0.2) is 19.9 Å². The van der Waals surface area contributed by atoms with E-state index in [4.69, 9.17) is 0 Å². The topological polar surface area (TPSA) is 80.7 Å². The van der Waals surface area contributed by atoms with Gasteiger partial charge in [-0.05, 0) is 30.9 Å². The highest BCUT2D eigenvalue weighted by atomic mass is 16.2. The molecule has 0 bridgehead atoms.